The normalized spacial score (nSPS) is 26.4. The Morgan fingerprint density at radius 1 is 1.03 bits per heavy atom. The Balaban J connectivity index is 1.08. The molecule has 4 heterocycles. The Labute approximate surface area is 208 Å². The summed E-state index contributed by atoms with van der Waals surface area (Å²) in [5, 5.41) is 19.6. The van der Waals surface area contributed by atoms with Crippen molar-refractivity contribution in [3.8, 4) is 17.4 Å². The van der Waals surface area contributed by atoms with E-state index < -0.39 is 0 Å². The van der Waals surface area contributed by atoms with Crippen LogP contribution < -0.4 is 15.4 Å². The highest BCUT2D eigenvalue weighted by Crippen LogP contribution is 2.36. The number of aromatic nitrogens is 6. The molecule has 4 unspecified atom stereocenters. The highest BCUT2D eigenvalue weighted by Gasteiger charge is 2.50. The molecule has 184 valence electrons. The number of hydrogen-bond acceptors (Lipinski definition) is 8. The van der Waals surface area contributed by atoms with Crippen LogP contribution in [0.5, 0.6) is 11.8 Å². The first kappa shape index (κ1) is 22.4. The Bertz CT molecular complexity index is 1130. The van der Waals surface area contributed by atoms with Crippen molar-refractivity contribution < 1.29 is 14.2 Å². The second-order valence-corrected chi connectivity index (χ2v) is 9.60. The van der Waals surface area contributed by atoms with Gasteiger partial charge in [-0.15, -0.1) is 0 Å². The molecule has 3 aliphatic rings. The topological polar surface area (TPSA) is 113 Å². The lowest BCUT2D eigenvalue weighted by molar-refractivity contribution is 0.0614. The smallest absolute Gasteiger partial charge is 0.341 e. The van der Waals surface area contributed by atoms with Gasteiger partial charge in [0.25, 0.3) is 0 Å². The van der Waals surface area contributed by atoms with Gasteiger partial charge < -0.3 is 29.4 Å². The minimum atomic E-state index is -0.195. The highest BCUT2D eigenvalue weighted by molar-refractivity contribution is 7.80. The summed E-state index contributed by atoms with van der Waals surface area (Å²) in [6, 6.07) is 8.16. The Morgan fingerprint density at radius 2 is 1.86 bits per heavy atom. The van der Waals surface area contributed by atoms with E-state index in [1.54, 1.807) is 17.2 Å². The van der Waals surface area contributed by atoms with E-state index in [2.05, 4.69) is 31.1 Å². The van der Waals surface area contributed by atoms with Gasteiger partial charge in [0.1, 0.15) is 24.0 Å². The summed E-state index contributed by atoms with van der Waals surface area (Å²) in [5.41, 5.74) is 0.982. The molecular formula is C23H28N8O3S. The third kappa shape index (κ3) is 4.73. The van der Waals surface area contributed by atoms with Crippen molar-refractivity contribution in [2.24, 2.45) is 0 Å². The molecule has 1 saturated carbocycles. The summed E-state index contributed by atoms with van der Waals surface area (Å²) in [6.07, 6.45) is 11.2. The molecule has 2 N–H and O–H groups in total. The number of benzene rings is 1. The van der Waals surface area contributed by atoms with Crippen LogP contribution in [0.2, 0.25) is 0 Å². The Morgan fingerprint density at radius 3 is 2.66 bits per heavy atom. The number of nitrogens with zero attached hydrogens (tertiary/aromatic N) is 6. The van der Waals surface area contributed by atoms with E-state index in [0.29, 0.717) is 36.1 Å². The molecule has 1 aliphatic carbocycles. The molecule has 2 aromatic heterocycles. The zero-order chi connectivity index (χ0) is 23.6. The Hall–Kier alpha value is -3.09. The SMILES string of the molecule is S=C(NC1CCCCC1)NC1COC2C1OCC2n1nnnc1Oc1ccc(-n2ccnc2)cc1. The Kier molecular flexibility index (Phi) is 6.32. The maximum atomic E-state index is 6.12. The number of imidazole rings is 1. The second-order valence-electron chi connectivity index (χ2n) is 9.19. The van der Waals surface area contributed by atoms with Crippen molar-refractivity contribution in [1.82, 2.24) is 40.4 Å². The molecule has 2 aliphatic heterocycles. The molecule has 3 aromatic rings. The van der Waals surface area contributed by atoms with Crippen molar-refractivity contribution in [3.05, 3.63) is 43.0 Å². The lowest BCUT2D eigenvalue weighted by Crippen LogP contribution is -2.50. The molecule has 12 heteroatoms. The summed E-state index contributed by atoms with van der Waals surface area (Å²) < 4.78 is 21.8. The fourth-order valence-corrected chi connectivity index (χ4v) is 5.44. The minimum absolute atomic E-state index is 0.0230. The maximum Gasteiger partial charge on any atom is 0.341 e. The van der Waals surface area contributed by atoms with Gasteiger partial charge in [0.15, 0.2) is 5.11 Å². The van der Waals surface area contributed by atoms with Gasteiger partial charge in [-0.3, -0.25) is 0 Å². The molecule has 11 nitrogen and oxygen atoms in total. The van der Waals surface area contributed by atoms with Gasteiger partial charge >= 0.3 is 6.01 Å². The van der Waals surface area contributed by atoms with E-state index in [4.69, 9.17) is 26.4 Å². The van der Waals surface area contributed by atoms with Gasteiger partial charge in [0.2, 0.25) is 0 Å². The lowest BCUT2D eigenvalue weighted by Gasteiger charge is -2.26. The summed E-state index contributed by atoms with van der Waals surface area (Å²) in [4.78, 5) is 4.07. The summed E-state index contributed by atoms with van der Waals surface area (Å²) in [7, 11) is 0. The number of ether oxygens (including phenoxy) is 3. The fourth-order valence-electron chi connectivity index (χ4n) is 5.12. The summed E-state index contributed by atoms with van der Waals surface area (Å²) in [6.45, 7) is 0.934. The quantitative estimate of drug-likeness (QED) is 0.492. The maximum absolute atomic E-state index is 6.12. The lowest BCUT2D eigenvalue weighted by atomic mass is 9.96. The van der Waals surface area contributed by atoms with Crippen LogP contribution in [0.4, 0.5) is 0 Å². The van der Waals surface area contributed by atoms with Crippen LogP contribution >= 0.6 is 12.2 Å². The largest absolute Gasteiger partial charge is 0.423 e. The standard InChI is InChI=1S/C23H28N8O3S/c35-22(25-15-4-2-1-3-5-15)26-18-12-32-21-19(13-33-20(18)21)31-23(27-28-29-31)34-17-8-6-16(7-9-17)30-11-10-24-14-30/h6-11,14-15,18-21H,1-5,12-13H2,(H2,25,26,35). The molecule has 4 atom stereocenters. The molecule has 35 heavy (non-hydrogen) atoms. The van der Waals surface area contributed by atoms with Crippen molar-refractivity contribution in [3.63, 3.8) is 0 Å². The van der Waals surface area contributed by atoms with E-state index >= 15 is 0 Å². The van der Waals surface area contributed by atoms with Gasteiger partial charge in [0, 0.05) is 24.1 Å². The van der Waals surface area contributed by atoms with Gasteiger partial charge in [-0.25, -0.2) is 4.98 Å². The van der Waals surface area contributed by atoms with Crippen molar-refractivity contribution in [1.29, 1.82) is 0 Å². The van der Waals surface area contributed by atoms with Crippen LogP contribution in [0.3, 0.4) is 0 Å². The number of fused-ring (bicyclic) bond motifs is 1. The first-order valence-electron chi connectivity index (χ1n) is 12.1. The third-order valence-electron chi connectivity index (χ3n) is 6.91. The van der Waals surface area contributed by atoms with Crippen LogP contribution in [-0.2, 0) is 9.47 Å². The van der Waals surface area contributed by atoms with Crippen LogP contribution in [-0.4, -0.2) is 72.4 Å². The van der Waals surface area contributed by atoms with E-state index in [1.807, 2.05) is 35.0 Å². The number of nitrogens with one attached hydrogen (secondary N) is 2. The fraction of sp³-hybridized carbons (Fsp3) is 0.522. The number of hydrogen-bond donors (Lipinski definition) is 2. The molecule has 2 saturated heterocycles. The van der Waals surface area contributed by atoms with Crippen LogP contribution in [0.1, 0.15) is 38.1 Å². The van der Waals surface area contributed by atoms with Crippen molar-refractivity contribution >= 4 is 17.3 Å². The van der Waals surface area contributed by atoms with Gasteiger partial charge in [-0.1, -0.05) is 24.4 Å². The molecule has 3 fully saturated rings. The first-order valence-corrected chi connectivity index (χ1v) is 12.5. The van der Waals surface area contributed by atoms with E-state index in [9.17, 15) is 0 Å². The van der Waals surface area contributed by atoms with E-state index in [0.717, 1.165) is 5.69 Å². The molecule has 0 bridgehead atoms. The molecule has 0 amide bonds. The van der Waals surface area contributed by atoms with Gasteiger partial charge in [-0.2, -0.15) is 4.68 Å². The molecule has 1 aromatic carbocycles. The van der Waals surface area contributed by atoms with Crippen molar-refractivity contribution in [2.45, 2.75) is 62.4 Å². The number of tetrazole rings is 1. The minimum Gasteiger partial charge on any atom is -0.423 e. The van der Waals surface area contributed by atoms with Gasteiger partial charge in [0.05, 0.1) is 25.6 Å². The third-order valence-corrected chi connectivity index (χ3v) is 7.15. The zero-order valence-electron chi connectivity index (χ0n) is 19.2. The predicted octanol–water partition coefficient (Wildman–Crippen LogP) is 2.16. The number of rotatable bonds is 6. The van der Waals surface area contributed by atoms with E-state index in [-0.39, 0.29) is 24.3 Å². The zero-order valence-corrected chi connectivity index (χ0v) is 20.0. The molecular weight excluding hydrogens is 468 g/mol. The summed E-state index contributed by atoms with van der Waals surface area (Å²) >= 11 is 5.57. The monoisotopic (exact) mass is 496 g/mol. The first-order chi connectivity index (χ1) is 17.2. The molecule has 6 rings (SSSR count). The predicted molar refractivity (Wildman–Crippen MR) is 130 cm³/mol. The number of thiocarbonyl (C=S) groups is 1. The molecule has 0 spiro atoms. The van der Waals surface area contributed by atoms with E-state index in [1.165, 1.54) is 32.1 Å². The molecule has 0 radical (unpaired) electrons. The van der Waals surface area contributed by atoms with Gasteiger partial charge in [-0.05, 0) is 59.8 Å². The van der Waals surface area contributed by atoms with Crippen LogP contribution in [0.15, 0.2) is 43.0 Å². The highest BCUT2D eigenvalue weighted by atomic mass is 32.1. The summed E-state index contributed by atoms with van der Waals surface area (Å²) in [5.74, 6) is 0.631. The average molecular weight is 497 g/mol. The van der Waals surface area contributed by atoms with Crippen LogP contribution in [0, 0.1) is 0 Å². The van der Waals surface area contributed by atoms with Crippen LogP contribution in [0.25, 0.3) is 5.69 Å². The average Bonchev–Trinajstić information content (AvgIpc) is 3.67. The van der Waals surface area contributed by atoms with Crippen molar-refractivity contribution in [2.75, 3.05) is 13.2 Å². The second kappa shape index (κ2) is 9.88.